The molecule has 0 spiro atoms. The van der Waals surface area contributed by atoms with E-state index in [0.717, 1.165) is 44.2 Å². The van der Waals surface area contributed by atoms with Crippen LogP contribution in [-0.2, 0) is 4.79 Å². The number of hydrogen-bond acceptors (Lipinski definition) is 6. The standard InChI is InChI=1S/C15H21N7O/c1-10-8-12(10)9-16-15(23)11-4-6-21(7-5-11)14-3-2-13-17-19-20-22(13)18-14/h2-3,10-12H,4-9H2,1H3,(H,16,23). The van der Waals surface area contributed by atoms with Gasteiger partial charge in [0, 0.05) is 25.6 Å². The Bertz CT molecular complexity index is 707. The van der Waals surface area contributed by atoms with Crippen LogP contribution in [0.1, 0.15) is 26.2 Å². The number of rotatable bonds is 4. The van der Waals surface area contributed by atoms with Crippen molar-refractivity contribution in [1.29, 1.82) is 0 Å². The molecule has 0 aromatic carbocycles. The molecule has 1 aliphatic heterocycles. The summed E-state index contributed by atoms with van der Waals surface area (Å²) in [4.78, 5) is 14.4. The Morgan fingerprint density at radius 3 is 2.87 bits per heavy atom. The molecule has 1 amide bonds. The van der Waals surface area contributed by atoms with Crippen LogP contribution < -0.4 is 10.2 Å². The lowest BCUT2D eigenvalue weighted by molar-refractivity contribution is -0.125. The molecule has 1 saturated heterocycles. The van der Waals surface area contributed by atoms with E-state index >= 15 is 0 Å². The second-order valence-corrected chi connectivity index (χ2v) is 6.70. The number of tetrazole rings is 1. The largest absolute Gasteiger partial charge is 0.356 e. The van der Waals surface area contributed by atoms with Gasteiger partial charge in [0.1, 0.15) is 0 Å². The average molecular weight is 315 g/mol. The van der Waals surface area contributed by atoms with Gasteiger partial charge in [-0.05, 0) is 53.7 Å². The Morgan fingerprint density at radius 2 is 2.13 bits per heavy atom. The molecule has 0 bridgehead atoms. The van der Waals surface area contributed by atoms with Crippen molar-refractivity contribution < 1.29 is 4.79 Å². The molecule has 4 rings (SSSR count). The molecular weight excluding hydrogens is 294 g/mol. The third kappa shape index (κ3) is 2.97. The SMILES string of the molecule is CC1CC1CNC(=O)C1CCN(c2ccc3nnnn3n2)CC1. The topological polar surface area (TPSA) is 88.3 Å². The molecule has 23 heavy (non-hydrogen) atoms. The van der Waals surface area contributed by atoms with E-state index in [4.69, 9.17) is 0 Å². The number of aromatic nitrogens is 5. The van der Waals surface area contributed by atoms with Gasteiger partial charge in [0.2, 0.25) is 5.91 Å². The van der Waals surface area contributed by atoms with E-state index in [-0.39, 0.29) is 11.8 Å². The third-order valence-corrected chi connectivity index (χ3v) is 5.06. The molecule has 1 saturated carbocycles. The number of fused-ring (bicyclic) bond motifs is 1. The molecule has 0 radical (unpaired) electrons. The van der Waals surface area contributed by atoms with Gasteiger partial charge in [-0.2, -0.15) is 0 Å². The number of amides is 1. The van der Waals surface area contributed by atoms with E-state index in [1.165, 1.54) is 11.1 Å². The van der Waals surface area contributed by atoms with Gasteiger partial charge < -0.3 is 10.2 Å². The van der Waals surface area contributed by atoms with Crippen LogP contribution in [0.25, 0.3) is 5.65 Å². The van der Waals surface area contributed by atoms with Crippen molar-refractivity contribution >= 4 is 17.4 Å². The number of piperidine rings is 1. The summed E-state index contributed by atoms with van der Waals surface area (Å²) in [6.45, 7) is 4.75. The summed E-state index contributed by atoms with van der Waals surface area (Å²) in [5, 5.41) is 18.8. The summed E-state index contributed by atoms with van der Waals surface area (Å²) >= 11 is 0. The maximum Gasteiger partial charge on any atom is 0.223 e. The van der Waals surface area contributed by atoms with Crippen LogP contribution in [0.3, 0.4) is 0 Å². The van der Waals surface area contributed by atoms with Crippen molar-refractivity contribution in [3.63, 3.8) is 0 Å². The molecular formula is C15H21N7O. The minimum absolute atomic E-state index is 0.122. The quantitative estimate of drug-likeness (QED) is 0.884. The summed E-state index contributed by atoms with van der Waals surface area (Å²) in [6.07, 6.45) is 2.98. The zero-order valence-electron chi connectivity index (χ0n) is 13.2. The van der Waals surface area contributed by atoms with Crippen LogP contribution in [0.4, 0.5) is 5.82 Å². The van der Waals surface area contributed by atoms with Crippen molar-refractivity contribution in [1.82, 2.24) is 30.6 Å². The number of nitrogens with zero attached hydrogens (tertiary/aromatic N) is 6. The molecule has 2 atom stereocenters. The van der Waals surface area contributed by atoms with Gasteiger partial charge in [-0.15, -0.1) is 14.8 Å². The fourth-order valence-electron chi connectivity index (χ4n) is 3.24. The summed E-state index contributed by atoms with van der Waals surface area (Å²) in [7, 11) is 0. The molecule has 3 heterocycles. The molecule has 2 aromatic rings. The zero-order chi connectivity index (χ0) is 15.8. The van der Waals surface area contributed by atoms with Crippen molar-refractivity contribution in [2.24, 2.45) is 17.8 Å². The molecule has 8 nitrogen and oxygen atoms in total. The van der Waals surface area contributed by atoms with E-state index in [1.807, 2.05) is 12.1 Å². The maximum absolute atomic E-state index is 12.2. The van der Waals surface area contributed by atoms with Gasteiger partial charge >= 0.3 is 0 Å². The maximum atomic E-state index is 12.2. The molecule has 122 valence electrons. The minimum Gasteiger partial charge on any atom is -0.356 e. The van der Waals surface area contributed by atoms with E-state index in [2.05, 4.69) is 37.8 Å². The first-order chi connectivity index (χ1) is 11.2. The fourth-order valence-corrected chi connectivity index (χ4v) is 3.24. The average Bonchev–Trinajstić information content (AvgIpc) is 3.09. The predicted octanol–water partition coefficient (Wildman–Crippen LogP) is 0.508. The third-order valence-electron chi connectivity index (χ3n) is 5.06. The molecule has 1 aliphatic carbocycles. The molecule has 2 aromatic heterocycles. The van der Waals surface area contributed by atoms with Crippen LogP contribution in [0.2, 0.25) is 0 Å². The lowest BCUT2D eigenvalue weighted by Crippen LogP contribution is -2.41. The van der Waals surface area contributed by atoms with Gasteiger partial charge in [0.05, 0.1) is 0 Å². The highest BCUT2D eigenvalue weighted by atomic mass is 16.1. The Labute approximate surface area is 134 Å². The van der Waals surface area contributed by atoms with E-state index in [9.17, 15) is 4.79 Å². The second kappa shape index (κ2) is 5.75. The summed E-state index contributed by atoms with van der Waals surface area (Å²) in [6, 6.07) is 3.79. The van der Waals surface area contributed by atoms with Gasteiger partial charge in [0.15, 0.2) is 11.5 Å². The summed E-state index contributed by atoms with van der Waals surface area (Å²) in [5.74, 6) is 2.68. The van der Waals surface area contributed by atoms with Gasteiger partial charge in [-0.25, -0.2) is 0 Å². The molecule has 8 heteroatoms. The van der Waals surface area contributed by atoms with Crippen LogP contribution >= 0.6 is 0 Å². The Hall–Kier alpha value is -2.25. The first kappa shape index (κ1) is 14.3. The normalized spacial score (nSPS) is 24.8. The summed E-state index contributed by atoms with van der Waals surface area (Å²) < 4.78 is 1.44. The van der Waals surface area contributed by atoms with E-state index in [0.29, 0.717) is 11.6 Å². The monoisotopic (exact) mass is 315 g/mol. The fraction of sp³-hybridized carbons (Fsp3) is 0.667. The predicted molar refractivity (Wildman–Crippen MR) is 83.8 cm³/mol. The Morgan fingerprint density at radius 1 is 1.35 bits per heavy atom. The Kier molecular flexibility index (Phi) is 3.59. The lowest BCUT2D eigenvalue weighted by Gasteiger charge is -2.31. The van der Waals surface area contributed by atoms with Crippen molar-refractivity contribution in [2.45, 2.75) is 26.2 Å². The molecule has 1 N–H and O–H groups in total. The number of carbonyl (C=O) groups excluding carboxylic acids is 1. The molecule has 2 fully saturated rings. The van der Waals surface area contributed by atoms with Crippen molar-refractivity contribution in [3.8, 4) is 0 Å². The van der Waals surface area contributed by atoms with Gasteiger partial charge in [-0.3, -0.25) is 4.79 Å². The van der Waals surface area contributed by atoms with Crippen LogP contribution in [-0.4, -0.2) is 50.8 Å². The highest BCUT2D eigenvalue weighted by molar-refractivity contribution is 5.79. The first-order valence-electron chi connectivity index (χ1n) is 8.29. The second-order valence-electron chi connectivity index (χ2n) is 6.70. The number of anilines is 1. The smallest absolute Gasteiger partial charge is 0.223 e. The zero-order valence-corrected chi connectivity index (χ0v) is 13.2. The van der Waals surface area contributed by atoms with Crippen LogP contribution in [0, 0.1) is 17.8 Å². The Balaban J connectivity index is 1.32. The first-order valence-corrected chi connectivity index (χ1v) is 8.29. The number of nitrogens with one attached hydrogen (secondary N) is 1. The number of hydrogen-bond donors (Lipinski definition) is 1. The van der Waals surface area contributed by atoms with Crippen molar-refractivity contribution in [3.05, 3.63) is 12.1 Å². The molecule has 2 aliphatic rings. The van der Waals surface area contributed by atoms with Crippen LogP contribution in [0.5, 0.6) is 0 Å². The highest BCUT2D eigenvalue weighted by Gasteiger charge is 2.33. The van der Waals surface area contributed by atoms with E-state index in [1.54, 1.807) is 0 Å². The minimum atomic E-state index is 0.122. The highest BCUT2D eigenvalue weighted by Crippen LogP contribution is 2.36. The molecule has 2 unspecified atom stereocenters. The van der Waals surface area contributed by atoms with Crippen molar-refractivity contribution in [2.75, 3.05) is 24.5 Å². The summed E-state index contributed by atoms with van der Waals surface area (Å²) in [5.41, 5.74) is 0.636. The van der Waals surface area contributed by atoms with E-state index < -0.39 is 0 Å². The lowest BCUT2D eigenvalue weighted by atomic mass is 9.96. The van der Waals surface area contributed by atoms with Gasteiger partial charge in [0.25, 0.3) is 0 Å². The van der Waals surface area contributed by atoms with Gasteiger partial charge in [-0.1, -0.05) is 6.92 Å². The van der Waals surface area contributed by atoms with Crippen LogP contribution in [0.15, 0.2) is 12.1 Å². The number of carbonyl (C=O) groups is 1.